The molecule has 0 saturated heterocycles. The molecule has 1 saturated carbocycles. The van der Waals surface area contributed by atoms with Crippen LogP contribution >= 0.6 is 0 Å². The molecule has 1 amide bonds. The standard InChI is InChI=1S/C21H17F3N6O2/c1-12(19-27-11-28-30(19)18-5-2-13(9-25)10-26-18)29-20(31)16-6-15(14-3-4-14)7-17(8-16)32-21(22,23)24/h2,5-8,10-12,14H,3-4H2,1H3,(H,29,31)/t12-/m1/s1. The van der Waals surface area contributed by atoms with Gasteiger partial charge in [0.2, 0.25) is 0 Å². The van der Waals surface area contributed by atoms with Gasteiger partial charge in [0.05, 0.1) is 11.6 Å². The summed E-state index contributed by atoms with van der Waals surface area (Å²) in [6.45, 7) is 1.67. The van der Waals surface area contributed by atoms with Crippen LogP contribution in [0.25, 0.3) is 5.82 Å². The van der Waals surface area contributed by atoms with Gasteiger partial charge >= 0.3 is 6.36 Å². The highest BCUT2D eigenvalue weighted by molar-refractivity contribution is 5.95. The number of carbonyl (C=O) groups is 1. The zero-order valence-corrected chi connectivity index (χ0v) is 16.8. The van der Waals surface area contributed by atoms with Crippen LogP contribution in [0, 0.1) is 11.3 Å². The van der Waals surface area contributed by atoms with Crippen molar-refractivity contribution in [2.24, 2.45) is 0 Å². The van der Waals surface area contributed by atoms with Gasteiger partial charge in [-0.2, -0.15) is 15.0 Å². The normalized spacial score (nSPS) is 14.5. The second kappa shape index (κ2) is 8.30. The maximum absolute atomic E-state index is 12.8. The van der Waals surface area contributed by atoms with E-state index in [0.29, 0.717) is 22.8 Å². The molecule has 0 unspecified atom stereocenters. The Morgan fingerprint density at radius 2 is 2.06 bits per heavy atom. The first-order valence-electron chi connectivity index (χ1n) is 9.71. The number of amides is 1. The summed E-state index contributed by atoms with van der Waals surface area (Å²) in [5.74, 6) is -0.116. The molecular formula is C21H17F3N6O2. The van der Waals surface area contributed by atoms with Crippen LogP contribution in [0.4, 0.5) is 13.2 Å². The predicted octanol–water partition coefficient (Wildman–Crippen LogP) is 3.80. The van der Waals surface area contributed by atoms with Crippen LogP contribution in [0.2, 0.25) is 0 Å². The SMILES string of the molecule is C[C@@H](NC(=O)c1cc(OC(F)(F)F)cc(C2CC2)c1)c1ncnn1-c1ccc(C#N)cn1. The predicted molar refractivity (Wildman–Crippen MR) is 105 cm³/mol. The molecular weight excluding hydrogens is 425 g/mol. The van der Waals surface area contributed by atoms with Gasteiger partial charge in [-0.15, -0.1) is 13.2 Å². The molecule has 32 heavy (non-hydrogen) atoms. The lowest BCUT2D eigenvalue weighted by molar-refractivity contribution is -0.274. The minimum absolute atomic E-state index is 0.0584. The van der Waals surface area contributed by atoms with Crippen LogP contribution < -0.4 is 10.1 Å². The number of nitrogens with zero attached hydrogens (tertiary/aromatic N) is 5. The molecule has 2 aromatic heterocycles. The van der Waals surface area contributed by atoms with E-state index >= 15 is 0 Å². The molecule has 0 bridgehead atoms. The van der Waals surface area contributed by atoms with Crippen molar-refractivity contribution in [1.82, 2.24) is 25.1 Å². The minimum Gasteiger partial charge on any atom is -0.406 e. The molecule has 1 aliphatic carbocycles. The number of nitriles is 1. The fourth-order valence-corrected chi connectivity index (χ4v) is 3.24. The summed E-state index contributed by atoms with van der Waals surface area (Å²) in [4.78, 5) is 21.2. The topological polar surface area (TPSA) is 106 Å². The highest BCUT2D eigenvalue weighted by Crippen LogP contribution is 2.42. The second-order valence-electron chi connectivity index (χ2n) is 7.35. The lowest BCUT2D eigenvalue weighted by Crippen LogP contribution is -2.29. The molecule has 1 N–H and O–H groups in total. The highest BCUT2D eigenvalue weighted by Gasteiger charge is 2.33. The molecule has 164 valence electrons. The number of benzene rings is 1. The van der Waals surface area contributed by atoms with Crippen molar-refractivity contribution in [2.45, 2.75) is 38.1 Å². The summed E-state index contributed by atoms with van der Waals surface area (Å²) in [5, 5.41) is 15.7. The number of hydrogen-bond donors (Lipinski definition) is 1. The number of rotatable bonds is 6. The first kappa shape index (κ1) is 21.3. The van der Waals surface area contributed by atoms with E-state index in [0.717, 1.165) is 18.9 Å². The maximum Gasteiger partial charge on any atom is 0.573 e. The minimum atomic E-state index is -4.85. The zero-order chi connectivity index (χ0) is 22.9. The van der Waals surface area contributed by atoms with Crippen molar-refractivity contribution in [2.75, 3.05) is 0 Å². The smallest absolute Gasteiger partial charge is 0.406 e. The molecule has 4 rings (SSSR count). The number of alkyl halides is 3. The Kier molecular flexibility index (Phi) is 5.52. The van der Waals surface area contributed by atoms with Gasteiger partial charge in [0.25, 0.3) is 5.91 Å². The third-order valence-electron chi connectivity index (χ3n) is 4.88. The fraction of sp³-hybridized carbons (Fsp3) is 0.286. The van der Waals surface area contributed by atoms with Crippen molar-refractivity contribution in [3.05, 3.63) is 65.4 Å². The Hall–Kier alpha value is -3.94. The molecule has 1 atom stereocenters. The van der Waals surface area contributed by atoms with E-state index in [1.165, 1.54) is 23.3 Å². The molecule has 1 aliphatic rings. The third kappa shape index (κ3) is 4.85. The summed E-state index contributed by atoms with van der Waals surface area (Å²) in [6, 6.07) is 8.45. The van der Waals surface area contributed by atoms with E-state index in [1.54, 1.807) is 25.1 Å². The number of carbonyl (C=O) groups excluding carboxylic acids is 1. The Balaban J connectivity index is 1.56. The monoisotopic (exact) mass is 442 g/mol. The molecule has 2 heterocycles. The van der Waals surface area contributed by atoms with Crippen LogP contribution in [0.3, 0.4) is 0 Å². The van der Waals surface area contributed by atoms with E-state index < -0.39 is 24.1 Å². The van der Waals surface area contributed by atoms with Crippen molar-refractivity contribution < 1.29 is 22.7 Å². The van der Waals surface area contributed by atoms with Gasteiger partial charge < -0.3 is 10.1 Å². The Morgan fingerprint density at radius 3 is 2.69 bits per heavy atom. The van der Waals surface area contributed by atoms with Gasteiger partial charge in [-0.3, -0.25) is 4.79 Å². The average molecular weight is 442 g/mol. The van der Waals surface area contributed by atoms with Crippen molar-refractivity contribution >= 4 is 5.91 Å². The zero-order valence-electron chi connectivity index (χ0n) is 16.8. The van der Waals surface area contributed by atoms with Crippen molar-refractivity contribution in [3.63, 3.8) is 0 Å². The fourth-order valence-electron chi connectivity index (χ4n) is 3.24. The molecule has 1 fully saturated rings. The van der Waals surface area contributed by atoms with Crippen LogP contribution in [-0.2, 0) is 0 Å². The number of aromatic nitrogens is 4. The van der Waals surface area contributed by atoms with Crippen LogP contribution in [-0.4, -0.2) is 32.0 Å². The van der Waals surface area contributed by atoms with Crippen LogP contribution in [0.5, 0.6) is 5.75 Å². The summed E-state index contributed by atoms with van der Waals surface area (Å²) in [5.41, 5.74) is 1.07. The largest absolute Gasteiger partial charge is 0.573 e. The van der Waals surface area contributed by atoms with Gasteiger partial charge in [-0.25, -0.2) is 9.97 Å². The lowest BCUT2D eigenvalue weighted by Gasteiger charge is -2.16. The van der Waals surface area contributed by atoms with E-state index in [9.17, 15) is 18.0 Å². The van der Waals surface area contributed by atoms with Crippen LogP contribution in [0.1, 0.15) is 59.0 Å². The third-order valence-corrected chi connectivity index (χ3v) is 4.88. The van der Waals surface area contributed by atoms with Crippen molar-refractivity contribution in [3.8, 4) is 17.6 Å². The number of pyridine rings is 1. The summed E-state index contributed by atoms with van der Waals surface area (Å²) in [6.07, 6.45) is -0.467. The van der Waals surface area contributed by atoms with Gasteiger partial charge in [-0.1, -0.05) is 0 Å². The number of hydrogen-bond acceptors (Lipinski definition) is 6. The molecule has 0 radical (unpaired) electrons. The second-order valence-corrected chi connectivity index (χ2v) is 7.35. The lowest BCUT2D eigenvalue weighted by atomic mass is 10.1. The highest BCUT2D eigenvalue weighted by atomic mass is 19.4. The van der Waals surface area contributed by atoms with Gasteiger partial charge in [0, 0.05) is 11.8 Å². The van der Waals surface area contributed by atoms with E-state index in [1.807, 2.05) is 6.07 Å². The quantitative estimate of drug-likeness (QED) is 0.623. The van der Waals surface area contributed by atoms with E-state index in [2.05, 4.69) is 25.1 Å². The average Bonchev–Trinajstić information content (AvgIpc) is 3.48. The Morgan fingerprint density at radius 1 is 1.28 bits per heavy atom. The summed E-state index contributed by atoms with van der Waals surface area (Å²) in [7, 11) is 0. The molecule has 8 nitrogen and oxygen atoms in total. The van der Waals surface area contributed by atoms with Gasteiger partial charge in [-0.05, 0) is 61.6 Å². The molecule has 0 aliphatic heterocycles. The maximum atomic E-state index is 12.8. The summed E-state index contributed by atoms with van der Waals surface area (Å²) < 4.78 is 43.6. The first-order chi connectivity index (χ1) is 15.2. The van der Waals surface area contributed by atoms with Gasteiger partial charge in [0.1, 0.15) is 18.1 Å². The van der Waals surface area contributed by atoms with Crippen molar-refractivity contribution in [1.29, 1.82) is 5.26 Å². The molecule has 11 heteroatoms. The number of nitrogens with one attached hydrogen (secondary N) is 1. The molecule has 0 spiro atoms. The van der Waals surface area contributed by atoms with Gasteiger partial charge in [0.15, 0.2) is 11.6 Å². The molecule has 1 aromatic carbocycles. The summed E-state index contributed by atoms with van der Waals surface area (Å²) >= 11 is 0. The number of ether oxygens (including phenoxy) is 1. The number of halogens is 3. The van der Waals surface area contributed by atoms with E-state index in [-0.39, 0.29) is 11.5 Å². The molecule has 3 aromatic rings. The Labute approximate surface area is 180 Å². The van der Waals surface area contributed by atoms with Crippen LogP contribution in [0.15, 0.2) is 42.9 Å². The first-order valence-corrected chi connectivity index (χ1v) is 9.71. The van der Waals surface area contributed by atoms with E-state index in [4.69, 9.17) is 5.26 Å². The Bertz CT molecular complexity index is 1180.